The molecule has 88 valence electrons. The first-order valence-electron chi connectivity index (χ1n) is 5.23. The van der Waals surface area contributed by atoms with Crippen molar-refractivity contribution < 1.29 is 4.74 Å². The Morgan fingerprint density at radius 1 is 1.69 bits per heavy atom. The predicted molar refractivity (Wildman–Crippen MR) is 64.8 cm³/mol. The fraction of sp³-hybridized carbons (Fsp3) is 0.600. The van der Waals surface area contributed by atoms with Gasteiger partial charge in [0.05, 0.1) is 12.9 Å². The molecule has 1 aromatic heterocycles. The molecule has 1 aliphatic carbocycles. The number of halogens is 1. The van der Waals surface area contributed by atoms with Crippen LogP contribution in [0.25, 0.3) is 0 Å². The van der Waals surface area contributed by atoms with Crippen molar-refractivity contribution in [3.05, 3.63) is 21.2 Å². The first kappa shape index (κ1) is 11.6. The van der Waals surface area contributed by atoms with E-state index < -0.39 is 0 Å². The summed E-state index contributed by atoms with van der Waals surface area (Å²) in [7, 11) is 1.67. The molecule has 16 heavy (non-hydrogen) atoms. The maximum Gasteiger partial charge on any atom is 0.267 e. The molecule has 1 saturated carbocycles. The highest BCUT2D eigenvalue weighted by molar-refractivity contribution is 9.10. The Morgan fingerprint density at radius 2 is 2.44 bits per heavy atom. The van der Waals surface area contributed by atoms with Crippen LogP contribution >= 0.6 is 15.9 Å². The van der Waals surface area contributed by atoms with Gasteiger partial charge in [-0.2, -0.15) is 0 Å². The van der Waals surface area contributed by atoms with E-state index in [-0.39, 0.29) is 5.56 Å². The Balaban J connectivity index is 2.24. The number of ether oxygens (including phenoxy) is 1. The third-order valence-electron chi connectivity index (χ3n) is 2.57. The molecule has 0 amide bonds. The molecule has 0 aromatic carbocycles. The maximum absolute atomic E-state index is 11.5. The van der Waals surface area contributed by atoms with Crippen molar-refractivity contribution >= 4 is 21.7 Å². The minimum absolute atomic E-state index is 0.145. The van der Waals surface area contributed by atoms with Gasteiger partial charge in [-0.25, -0.2) is 4.98 Å². The first-order valence-corrected chi connectivity index (χ1v) is 6.02. The lowest BCUT2D eigenvalue weighted by molar-refractivity contribution is 0.204. The van der Waals surface area contributed by atoms with E-state index in [1.807, 2.05) is 0 Å². The number of nitrogens with one attached hydrogen (secondary N) is 1. The molecule has 5 nitrogen and oxygen atoms in total. The first-order chi connectivity index (χ1) is 7.74. The summed E-state index contributed by atoms with van der Waals surface area (Å²) in [4.78, 5) is 20.3. The van der Waals surface area contributed by atoms with E-state index in [4.69, 9.17) is 4.74 Å². The molecule has 6 heteroatoms. The average Bonchev–Trinajstić information content (AvgIpc) is 3.08. The second-order valence-electron chi connectivity index (χ2n) is 3.79. The quantitative estimate of drug-likeness (QED) is 0.883. The minimum atomic E-state index is -0.145. The fourth-order valence-corrected chi connectivity index (χ4v) is 2.06. The minimum Gasteiger partial charge on any atom is -0.383 e. The van der Waals surface area contributed by atoms with Gasteiger partial charge in [-0.3, -0.25) is 4.79 Å². The van der Waals surface area contributed by atoms with E-state index in [9.17, 15) is 4.79 Å². The van der Waals surface area contributed by atoms with Crippen molar-refractivity contribution in [1.82, 2.24) is 9.97 Å². The van der Waals surface area contributed by atoms with Crippen LogP contribution in [0.5, 0.6) is 0 Å². The van der Waals surface area contributed by atoms with Crippen molar-refractivity contribution in [3.63, 3.8) is 0 Å². The van der Waals surface area contributed by atoms with E-state index in [1.165, 1.54) is 6.33 Å². The van der Waals surface area contributed by atoms with E-state index >= 15 is 0 Å². The van der Waals surface area contributed by atoms with Crippen LogP contribution < -0.4 is 10.5 Å². The number of nitrogens with zero attached hydrogens (tertiary/aromatic N) is 2. The highest BCUT2D eigenvalue weighted by Crippen LogP contribution is 2.32. The van der Waals surface area contributed by atoms with Gasteiger partial charge in [0.2, 0.25) is 0 Å². The summed E-state index contributed by atoms with van der Waals surface area (Å²) in [6.45, 7) is 1.40. The lowest BCUT2D eigenvalue weighted by Crippen LogP contribution is -2.32. The highest BCUT2D eigenvalue weighted by atomic mass is 79.9. The molecule has 1 heterocycles. The topological polar surface area (TPSA) is 58.2 Å². The summed E-state index contributed by atoms with van der Waals surface area (Å²) < 4.78 is 5.57. The molecule has 1 aromatic rings. The van der Waals surface area contributed by atoms with Crippen LogP contribution in [-0.4, -0.2) is 36.3 Å². The summed E-state index contributed by atoms with van der Waals surface area (Å²) in [6.07, 6.45) is 3.75. The lowest BCUT2D eigenvalue weighted by atomic mass is 10.4. The monoisotopic (exact) mass is 287 g/mol. The smallest absolute Gasteiger partial charge is 0.267 e. The molecule has 1 aliphatic rings. The molecule has 0 unspecified atom stereocenters. The van der Waals surface area contributed by atoms with Crippen molar-refractivity contribution in [2.45, 2.75) is 18.9 Å². The summed E-state index contributed by atoms with van der Waals surface area (Å²) >= 11 is 3.28. The van der Waals surface area contributed by atoms with Crippen molar-refractivity contribution in [2.75, 3.05) is 25.2 Å². The molecule has 0 aliphatic heterocycles. The zero-order valence-electron chi connectivity index (χ0n) is 9.07. The van der Waals surface area contributed by atoms with Crippen LogP contribution in [0.15, 0.2) is 15.6 Å². The Bertz CT molecular complexity index is 417. The molecule has 1 fully saturated rings. The van der Waals surface area contributed by atoms with Gasteiger partial charge in [0, 0.05) is 19.7 Å². The van der Waals surface area contributed by atoms with Crippen LogP contribution in [-0.2, 0) is 4.74 Å². The normalized spacial score (nSPS) is 15.1. The van der Waals surface area contributed by atoms with Gasteiger partial charge in [0.15, 0.2) is 5.82 Å². The van der Waals surface area contributed by atoms with Crippen LogP contribution in [0.3, 0.4) is 0 Å². The number of hydrogen-bond acceptors (Lipinski definition) is 4. The summed E-state index contributed by atoms with van der Waals surface area (Å²) in [6, 6.07) is 0.501. The Morgan fingerprint density at radius 3 is 3.06 bits per heavy atom. The predicted octanol–water partition coefficient (Wildman–Crippen LogP) is 1.15. The number of aromatic amines is 1. The second-order valence-corrected chi connectivity index (χ2v) is 4.58. The SMILES string of the molecule is COCCN(c1nc[nH]c(=O)c1Br)C1CC1. The van der Waals surface area contributed by atoms with Crippen molar-refractivity contribution in [2.24, 2.45) is 0 Å². The maximum atomic E-state index is 11.5. The lowest BCUT2D eigenvalue weighted by Gasteiger charge is -2.23. The zero-order valence-corrected chi connectivity index (χ0v) is 10.7. The second kappa shape index (κ2) is 4.97. The molecule has 0 saturated heterocycles. The Kier molecular flexibility index (Phi) is 3.60. The number of hydrogen-bond donors (Lipinski definition) is 1. The van der Waals surface area contributed by atoms with E-state index in [0.29, 0.717) is 22.9 Å². The molecular weight excluding hydrogens is 274 g/mol. The molecule has 0 radical (unpaired) electrons. The van der Waals surface area contributed by atoms with E-state index in [0.717, 1.165) is 19.4 Å². The molecule has 2 rings (SSSR count). The van der Waals surface area contributed by atoms with Crippen LogP contribution in [0.4, 0.5) is 5.82 Å². The summed E-state index contributed by atoms with van der Waals surface area (Å²) in [5, 5.41) is 0. The van der Waals surface area contributed by atoms with Crippen LogP contribution in [0, 0.1) is 0 Å². The zero-order chi connectivity index (χ0) is 11.5. The largest absolute Gasteiger partial charge is 0.383 e. The molecular formula is C10H14BrN3O2. The Hall–Kier alpha value is -0.880. The highest BCUT2D eigenvalue weighted by Gasteiger charge is 2.31. The van der Waals surface area contributed by atoms with Gasteiger partial charge in [-0.15, -0.1) is 0 Å². The number of rotatable bonds is 5. The summed E-state index contributed by atoms with van der Waals surface area (Å²) in [5.41, 5.74) is -0.145. The molecule has 0 bridgehead atoms. The van der Waals surface area contributed by atoms with E-state index in [1.54, 1.807) is 7.11 Å². The van der Waals surface area contributed by atoms with Crippen molar-refractivity contribution in [1.29, 1.82) is 0 Å². The van der Waals surface area contributed by atoms with Gasteiger partial charge < -0.3 is 14.6 Å². The van der Waals surface area contributed by atoms with Gasteiger partial charge in [-0.05, 0) is 28.8 Å². The fourth-order valence-electron chi connectivity index (χ4n) is 1.61. The van der Waals surface area contributed by atoms with Gasteiger partial charge in [0.25, 0.3) is 5.56 Å². The van der Waals surface area contributed by atoms with Gasteiger partial charge >= 0.3 is 0 Å². The van der Waals surface area contributed by atoms with Crippen LogP contribution in [0.1, 0.15) is 12.8 Å². The van der Waals surface area contributed by atoms with Gasteiger partial charge in [0.1, 0.15) is 4.47 Å². The number of H-pyrrole nitrogens is 1. The molecule has 1 N–H and O–H groups in total. The summed E-state index contributed by atoms with van der Waals surface area (Å²) in [5.74, 6) is 0.711. The average molecular weight is 288 g/mol. The van der Waals surface area contributed by atoms with Gasteiger partial charge in [-0.1, -0.05) is 0 Å². The number of anilines is 1. The van der Waals surface area contributed by atoms with Crippen LogP contribution in [0.2, 0.25) is 0 Å². The van der Waals surface area contributed by atoms with Crippen molar-refractivity contribution in [3.8, 4) is 0 Å². The Labute approximate surface area is 102 Å². The number of aromatic nitrogens is 2. The molecule has 0 spiro atoms. The number of methoxy groups -OCH3 is 1. The van der Waals surface area contributed by atoms with E-state index in [2.05, 4.69) is 30.8 Å². The third-order valence-corrected chi connectivity index (χ3v) is 3.29. The standard InChI is InChI=1S/C10H14BrN3O2/c1-16-5-4-14(7-2-3-7)9-8(11)10(15)13-6-12-9/h6-7H,2-5H2,1H3,(H,12,13,15). The molecule has 0 atom stereocenters. The third kappa shape index (κ3) is 2.44.